The molecule has 0 aliphatic heterocycles. The van der Waals surface area contributed by atoms with Crippen molar-refractivity contribution < 1.29 is 19.7 Å². The lowest BCUT2D eigenvalue weighted by molar-refractivity contribution is -0.138. The van der Waals surface area contributed by atoms with Crippen LogP contribution in [0.2, 0.25) is 0 Å². The van der Waals surface area contributed by atoms with Gasteiger partial charge in [-0.1, -0.05) is 30.3 Å². The number of hydrogen-bond acceptors (Lipinski definition) is 4. The van der Waals surface area contributed by atoms with Gasteiger partial charge >= 0.3 is 5.97 Å². The lowest BCUT2D eigenvalue weighted by Gasteiger charge is -2.15. The number of aliphatic carboxylic acids is 1. The average molecular weight is 287 g/mol. The summed E-state index contributed by atoms with van der Waals surface area (Å²) in [6.45, 7) is 0. The molecule has 0 bridgehead atoms. The normalized spacial score (nSPS) is 11.9. The monoisotopic (exact) mass is 287 g/mol. The molecule has 0 aromatic heterocycles. The van der Waals surface area contributed by atoms with Crippen LogP contribution in [0.25, 0.3) is 0 Å². The Labute approximate surface area is 122 Å². The highest BCUT2D eigenvalue weighted by molar-refractivity contribution is 5.76. The molecule has 0 aliphatic rings. The SMILES string of the molecule is COc1cc(CC(C(=O)O)c2ccccc2)cc(N)c1O. The number of aromatic hydroxyl groups is 1. The van der Waals surface area contributed by atoms with E-state index in [-0.39, 0.29) is 23.6 Å². The molecule has 2 aromatic rings. The minimum absolute atomic E-state index is 0.132. The van der Waals surface area contributed by atoms with Gasteiger partial charge in [0.15, 0.2) is 11.5 Å². The maximum absolute atomic E-state index is 11.5. The second kappa shape index (κ2) is 6.17. The second-order valence-corrected chi connectivity index (χ2v) is 4.74. The molecule has 1 unspecified atom stereocenters. The second-order valence-electron chi connectivity index (χ2n) is 4.74. The van der Waals surface area contributed by atoms with Crippen molar-refractivity contribution in [3.05, 3.63) is 53.6 Å². The summed E-state index contributed by atoms with van der Waals surface area (Å²) in [6.07, 6.45) is 0.264. The summed E-state index contributed by atoms with van der Waals surface area (Å²) >= 11 is 0. The van der Waals surface area contributed by atoms with E-state index in [4.69, 9.17) is 10.5 Å². The van der Waals surface area contributed by atoms with Crippen molar-refractivity contribution >= 4 is 11.7 Å². The maximum Gasteiger partial charge on any atom is 0.311 e. The van der Waals surface area contributed by atoms with Crippen LogP contribution < -0.4 is 10.5 Å². The van der Waals surface area contributed by atoms with E-state index in [0.717, 1.165) is 5.56 Å². The highest BCUT2D eigenvalue weighted by atomic mass is 16.5. The third kappa shape index (κ3) is 3.25. The van der Waals surface area contributed by atoms with Crippen LogP contribution in [-0.4, -0.2) is 23.3 Å². The van der Waals surface area contributed by atoms with Gasteiger partial charge in [0.05, 0.1) is 18.7 Å². The molecule has 5 heteroatoms. The molecule has 110 valence electrons. The molecular formula is C16H17NO4. The number of phenolic OH excluding ortho intramolecular Hbond substituents is 1. The molecule has 0 heterocycles. The highest BCUT2D eigenvalue weighted by Gasteiger charge is 2.21. The van der Waals surface area contributed by atoms with E-state index in [1.807, 2.05) is 6.07 Å². The summed E-state index contributed by atoms with van der Waals surface area (Å²) in [6, 6.07) is 12.2. The van der Waals surface area contributed by atoms with Crippen LogP contribution in [0.1, 0.15) is 17.0 Å². The molecule has 0 radical (unpaired) electrons. The minimum atomic E-state index is -0.910. The molecule has 0 saturated carbocycles. The third-order valence-corrected chi connectivity index (χ3v) is 3.32. The van der Waals surface area contributed by atoms with Crippen LogP contribution in [0.3, 0.4) is 0 Å². The van der Waals surface area contributed by atoms with Gasteiger partial charge in [0.2, 0.25) is 0 Å². The van der Waals surface area contributed by atoms with Crippen molar-refractivity contribution in [3.63, 3.8) is 0 Å². The Bertz CT molecular complexity index is 640. The van der Waals surface area contributed by atoms with E-state index in [0.29, 0.717) is 5.56 Å². The molecule has 2 rings (SSSR count). The quantitative estimate of drug-likeness (QED) is 0.580. The number of benzene rings is 2. The minimum Gasteiger partial charge on any atom is -0.503 e. The number of anilines is 1. The Kier molecular flexibility index (Phi) is 4.33. The first-order chi connectivity index (χ1) is 10.0. The van der Waals surface area contributed by atoms with Crippen molar-refractivity contribution in [3.8, 4) is 11.5 Å². The van der Waals surface area contributed by atoms with E-state index in [2.05, 4.69) is 0 Å². The van der Waals surface area contributed by atoms with Crippen molar-refractivity contribution in [2.75, 3.05) is 12.8 Å². The maximum atomic E-state index is 11.5. The van der Waals surface area contributed by atoms with Crippen LogP contribution >= 0.6 is 0 Å². The zero-order valence-corrected chi connectivity index (χ0v) is 11.6. The van der Waals surface area contributed by atoms with Crippen molar-refractivity contribution in [1.29, 1.82) is 0 Å². The molecule has 0 amide bonds. The van der Waals surface area contributed by atoms with Gasteiger partial charge in [0.1, 0.15) is 0 Å². The zero-order valence-electron chi connectivity index (χ0n) is 11.6. The molecule has 1 atom stereocenters. The number of rotatable bonds is 5. The molecule has 0 fully saturated rings. The fourth-order valence-corrected chi connectivity index (χ4v) is 2.23. The average Bonchev–Trinajstić information content (AvgIpc) is 2.48. The Morgan fingerprint density at radius 1 is 1.29 bits per heavy atom. The Morgan fingerprint density at radius 2 is 1.95 bits per heavy atom. The van der Waals surface area contributed by atoms with Crippen molar-refractivity contribution in [1.82, 2.24) is 0 Å². The molecule has 0 spiro atoms. The lowest BCUT2D eigenvalue weighted by Crippen LogP contribution is -2.14. The highest BCUT2D eigenvalue weighted by Crippen LogP contribution is 2.35. The Balaban J connectivity index is 2.34. The predicted octanol–water partition coefficient (Wildman–Crippen LogP) is 2.39. The molecule has 5 nitrogen and oxygen atoms in total. The van der Waals surface area contributed by atoms with Gasteiger partial charge in [-0.3, -0.25) is 4.79 Å². The van der Waals surface area contributed by atoms with Gasteiger partial charge < -0.3 is 20.7 Å². The van der Waals surface area contributed by atoms with E-state index < -0.39 is 11.9 Å². The zero-order chi connectivity index (χ0) is 15.4. The summed E-state index contributed by atoms with van der Waals surface area (Å²) in [7, 11) is 1.42. The molecule has 0 aliphatic carbocycles. The largest absolute Gasteiger partial charge is 0.503 e. The summed E-state index contributed by atoms with van der Waals surface area (Å²) in [5.41, 5.74) is 7.29. The van der Waals surface area contributed by atoms with Crippen molar-refractivity contribution in [2.45, 2.75) is 12.3 Å². The van der Waals surface area contributed by atoms with E-state index in [9.17, 15) is 15.0 Å². The predicted molar refractivity (Wildman–Crippen MR) is 79.6 cm³/mol. The van der Waals surface area contributed by atoms with Crippen LogP contribution in [0.15, 0.2) is 42.5 Å². The number of phenols is 1. The molecule has 21 heavy (non-hydrogen) atoms. The number of methoxy groups -OCH3 is 1. The summed E-state index contributed by atoms with van der Waals surface area (Å²) in [5, 5.41) is 19.1. The third-order valence-electron chi connectivity index (χ3n) is 3.32. The summed E-state index contributed by atoms with van der Waals surface area (Å²) in [5.74, 6) is -1.48. The van der Waals surface area contributed by atoms with Gasteiger partial charge in [-0.2, -0.15) is 0 Å². The number of nitrogen functional groups attached to an aromatic ring is 1. The van der Waals surface area contributed by atoms with E-state index in [1.54, 1.807) is 36.4 Å². The van der Waals surface area contributed by atoms with Crippen LogP contribution in [0, 0.1) is 0 Å². The number of carbonyl (C=O) groups is 1. The van der Waals surface area contributed by atoms with Crippen LogP contribution in [-0.2, 0) is 11.2 Å². The van der Waals surface area contributed by atoms with Gasteiger partial charge in [0.25, 0.3) is 0 Å². The standard InChI is InChI=1S/C16H17NO4/c1-21-14-9-10(8-13(17)15(14)18)7-12(16(19)20)11-5-3-2-4-6-11/h2-6,8-9,12,18H,7,17H2,1H3,(H,19,20). The fourth-order valence-electron chi connectivity index (χ4n) is 2.23. The number of hydrogen-bond donors (Lipinski definition) is 3. The smallest absolute Gasteiger partial charge is 0.311 e. The van der Waals surface area contributed by atoms with Crippen molar-refractivity contribution in [2.24, 2.45) is 0 Å². The number of carboxylic acids is 1. The molecule has 4 N–H and O–H groups in total. The molecule has 0 saturated heterocycles. The van der Waals surface area contributed by atoms with Crippen LogP contribution in [0.4, 0.5) is 5.69 Å². The van der Waals surface area contributed by atoms with Gasteiger partial charge in [0, 0.05) is 0 Å². The van der Waals surface area contributed by atoms with E-state index in [1.165, 1.54) is 7.11 Å². The first-order valence-corrected chi connectivity index (χ1v) is 6.46. The van der Waals surface area contributed by atoms with Gasteiger partial charge in [-0.15, -0.1) is 0 Å². The first-order valence-electron chi connectivity index (χ1n) is 6.46. The van der Waals surface area contributed by atoms with Gasteiger partial charge in [-0.25, -0.2) is 0 Å². The summed E-state index contributed by atoms with van der Waals surface area (Å²) < 4.78 is 5.04. The first kappa shape index (κ1) is 14.7. The van der Waals surface area contributed by atoms with Crippen LogP contribution in [0.5, 0.6) is 11.5 Å². The topological polar surface area (TPSA) is 92.8 Å². The molecular weight excluding hydrogens is 270 g/mol. The number of ether oxygens (including phenoxy) is 1. The Morgan fingerprint density at radius 3 is 2.52 bits per heavy atom. The fraction of sp³-hybridized carbons (Fsp3) is 0.188. The van der Waals surface area contributed by atoms with E-state index >= 15 is 0 Å². The Hall–Kier alpha value is -2.69. The number of carboxylic acid groups (broad SMARTS) is 1. The lowest BCUT2D eigenvalue weighted by atomic mass is 9.92. The summed E-state index contributed by atoms with van der Waals surface area (Å²) in [4.78, 5) is 11.5. The van der Waals surface area contributed by atoms with Gasteiger partial charge in [-0.05, 0) is 29.7 Å². The molecule has 2 aromatic carbocycles. The number of nitrogens with two attached hydrogens (primary N) is 1.